The number of nitrogens with one attached hydrogen (secondary N) is 1. The summed E-state index contributed by atoms with van der Waals surface area (Å²) in [5, 5.41) is 7.21. The standard InChI is InChI=1S/C13H18F2N2O3S/c1-13(2,3)4-5-17-12(18)9-6-8(14)7-10(11(9)15)21(16,19)20/h6-7H,4-5H2,1-3H3,(H,17,18)(H2,16,19,20). The number of hydrogen-bond donors (Lipinski definition) is 2. The Labute approximate surface area is 122 Å². The second kappa shape index (κ2) is 6.07. The van der Waals surface area contributed by atoms with Crippen LogP contribution in [0.2, 0.25) is 0 Å². The quantitative estimate of drug-likeness (QED) is 0.886. The minimum Gasteiger partial charge on any atom is -0.352 e. The van der Waals surface area contributed by atoms with Crippen LogP contribution in [-0.2, 0) is 10.0 Å². The number of rotatable bonds is 4. The zero-order valence-corrected chi connectivity index (χ0v) is 12.9. The number of carbonyl (C=O) groups is 1. The van der Waals surface area contributed by atoms with Crippen LogP contribution in [0.25, 0.3) is 0 Å². The highest BCUT2D eigenvalue weighted by Gasteiger charge is 2.23. The monoisotopic (exact) mass is 320 g/mol. The van der Waals surface area contributed by atoms with Crippen molar-refractivity contribution in [2.45, 2.75) is 32.1 Å². The summed E-state index contributed by atoms with van der Waals surface area (Å²) in [5.74, 6) is -3.30. The van der Waals surface area contributed by atoms with Gasteiger partial charge in [-0.25, -0.2) is 22.3 Å². The molecule has 0 saturated carbocycles. The normalized spacial score (nSPS) is 12.3. The van der Waals surface area contributed by atoms with Crippen molar-refractivity contribution < 1.29 is 22.0 Å². The number of primary sulfonamides is 1. The van der Waals surface area contributed by atoms with Crippen LogP contribution in [0.1, 0.15) is 37.6 Å². The minimum absolute atomic E-state index is 0.0421. The maximum absolute atomic E-state index is 14.0. The van der Waals surface area contributed by atoms with E-state index in [-0.39, 0.29) is 12.0 Å². The van der Waals surface area contributed by atoms with Gasteiger partial charge in [0.25, 0.3) is 5.91 Å². The molecule has 0 radical (unpaired) electrons. The van der Waals surface area contributed by atoms with Gasteiger partial charge in [0.15, 0.2) is 5.82 Å². The zero-order chi connectivity index (χ0) is 16.4. The number of amides is 1. The SMILES string of the molecule is CC(C)(C)CCNC(=O)c1cc(F)cc(S(N)(=O)=O)c1F. The number of hydrogen-bond acceptors (Lipinski definition) is 3. The van der Waals surface area contributed by atoms with Crippen molar-refractivity contribution in [2.75, 3.05) is 6.54 Å². The molecule has 21 heavy (non-hydrogen) atoms. The first-order chi connectivity index (χ1) is 9.42. The van der Waals surface area contributed by atoms with E-state index in [2.05, 4.69) is 5.32 Å². The van der Waals surface area contributed by atoms with Crippen LogP contribution in [0.5, 0.6) is 0 Å². The molecule has 0 aromatic heterocycles. The Morgan fingerprint density at radius 3 is 2.33 bits per heavy atom. The molecule has 1 aromatic rings. The fraction of sp³-hybridized carbons (Fsp3) is 0.462. The van der Waals surface area contributed by atoms with Crippen molar-refractivity contribution in [3.05, 3.63) is 29.3 Å². The van der Waals surface area contributed by atoms with Crippen LogP contribution in [0.15, 0.2) is 17.0 Å². The van der Waals surface area contributed by atoms with E-state index >= 15 is 0 Å². The van der Waals surface area contributed by atoms with Crippen molar-refractivity contribution >= 4 is 15.9 Å². The molecule has 0 heterocycles. The van der Waals surface area contributed by atoms with E-state index < -0.39 is 38.0 Å². The molecule has 0 saturated heterocycles. The van der Waals surface area contributed by atoms with Crippen molar-refractivity contribution in [1.29, 1.82) is 0 Å². The van der Waals surface area contributed by atoms with E-state index in [1.165, 1.54) is 0 Å². The first-order valence-electron chi connectivity index (χ1n) is 6.22. The van der Waals surface area contributed by atoms with Gasteiger partial charge in [-0.05, 0) is 24.0 Å². The Kier molecular flexibility index (Phi) is 5.06. The first-order valence-corrected chi connectivity index (χ1v) is 7.76. The molecule has 0 aliphatic heterocycles. The summed E-state index contributed by atoms with van der Waals surface area (Å²) in [7, 11) is -4.45. The Hall–Kier alpha value is -1.54. The van der Waals surface area contributed by atoms with Gasteiger partial charge in [-0.3, -0.25) is 4.79 Å². The molecule has 118 valence electrons. The summed E-state index contributed by atoms with van der Waals surface area (Å²) in [4.78, 5) is 10.8. The number of nitrogens with two attached hydrogens (primary N) is 1. The molecule has 0 aliphatic rings. The van der Waals surface area contributed by atoms with E-state index in [0.29, 0.717) is 18.6 Å². The minimum atomic E-state index is -4.45. The summed E-state index contributed by atoms with van der Waals surface area (Å²) in [6.07, 6.45) is 0.623. The second-order valence-electron chi connectivity index (χ2n) is 5.88. The molecule has 0 atom stereocenters. The second-order valence-corrected chi connectivity index (χ2v) is 7.41. The molecule has 0 bridgehead atoms. The zero-order valence-electron chi connectivity index (χ0n) is 12.0. The van der Waals surface area contributed by atoms with Crippen molar-refractivity contribution in [3.8, 4) is 0 Å². The molecular weight excluding hydrogens is 302 g/mol. The molecule has 3 N–H and O–H groups in total. The van der Waals surface area contributed by atoms with Gasteiger partial charge in [0.05, 0.1) is 5.56 Å². The number of benzene rings is 1. The lowest BCUT2D eigenvalue weighted by atomic mass is 9.92. The fourth-order valence-electron chi connectivity index (χ4n) is 1.58. The lowest BCUT2D eigenvalue weighted by Gasteiger charge is -2.18. The van der Waals surface area contributed by atoms with Crippen LogP contribution in [0.4, 0.5) is 8.78 Å². The Bertz CT molecular complexity index is 652. The lowest BCUT2D eigenvalue weighted by molar-refractivity contribution is 0.0944. The van der Waals surface area contributed by atoms with Crippen molar-refractivity contribution in [1.82, 2.24) is 5.32 Å². The van der Waals surface area contributed by atoms with Crippen LogP contribution in [-0.4, -0.2) is 20.9 Å². The van der Waals surface area contributed by atoms with Gasteiger partial charge in [-0.1, -0.05) is 20.8 Å². The molecule has 5 nitrogen and oxygen atoms in total. The number of halogens is 2. The maximum Gasteiger partial charge on any atom is 0.254 e. The van der Waals surface area contributed by atoms with Crippen molar-refractivity contribution in [3.63, 3.8) is 0 Å². The molecule has 1 rings (SSSR count). The number of carbonyl (C=O) groups excluding carboxylic acids is 1. The van der Waals surface area contributed by atoms with Gasteiger partial charge in [0, 0.05) is 6.54 Å². The smallest absolute Gasteiger partial charge is 0.254 e. The van der Waals surface area contributed by atoms with Gasteiger partial charge in [-0.15, -0.1) is 0 Å². The highest BCUT2D eigenvalue weighted by molar-refractivity contribution is 7.89. The molecule has 0 spiro atoms. The van der Waals surface area contributed by atoms with Gasteiger partial charge in [0.1, 0.15) is 10.7 Å². The Morgan fingerprint density at radius 1 is 1.29 bits per heavy atom. The fourth-order valence-corrected chi connectivity index (χ4v) is 2.22. The molecule has 1 amide bonds. The average Bonchev–Trinajstić information content (AvgIpc) is 2.28. The first kappa shape index (κ1) is 17.5. The molecule has 0 aliphatic carbocycles. The third kappa shape index (κ3) is 5.05. The van der Waals surface area contributed by atoms with E-state index in [4.69, 9.17) is 5.14 Å². The Morgan fingerprint density at radius 2 is 1.86 bits per heavy atom. The third-order valence-electron chi connectivity index (χ3n) is 2.72. The van der Waals surface area contributed by atoms with Crippen LogP contribution in [0.3, 0.4) is 0 Å². The molecule has 0 fully saturated rings. The third-order valence-corrected chi connectivity index (χ3v) is 3.63. The lowest BCUT2D eigenvalue weighted by Crippen LogP contribution is -2.29. The van der Waals surface area contributed by atoms with E-state index in [9.17, 15) is 22.0 Å². The molecular formula is C13H18F2N2O3S. The molecule has 0 unspecified atom stereocenters. The maximum atomic E-state index is 14.0. The van der Waals surface area contributed by atoms with Gasteiger partial charge in [0.2, 0.25) is 10.0 Å². The summed E-state index contributed by atoms with van der Waals surface area (Å²) in [5.41, 5.74) is -0.729. The Balaban J connectivity index is 3.03. The van der Waals surface area contributed by atoms with E-state index in [1.807, 2.05) is 20.8 Å². The summed E-state index contributed by atoms with van der Waals surface area (Å²) >= 11 is 0. The molecule has 8 heteroatoms. The highest BCUT2D eigenvalue weighted by Crippen LogP contribution is 2.20. The van der Waals surface area contributed by atoms with Gasteiger partial charge in [-0.2, -0.15) is 0 Å². The summed E-state index contributed by atoms with van der Waals surface area (Å²) in [6, 6.07) is 1.08. The van der Waals surface area contributed by atoms with Crippen LogP contribution < -0.4 is 10.5 Å². The summed E-state index contributed by atoms with van der Waals surface area (Å²) in [6.45, 7) is 6.13. The molecule has 1 aromatic carbocycles. The topological polar surface area (TPSA) is 89.3 Å². The van der Waals surface area contributed by atoms with Crippen LogP contribution in [0, 0.1) is 17.0 Å². The highest BCUT2D eigenvalue weighted by atomic mass is 32.2. The van der Waals surface area contributed by atoms with Crippen LogP contribution >= 0.6 is 0 Å². The largest absolute Gasteiger partial charge is 0.352 e. The van der Waals surface area contributed by atoms with Gasteiger partial charge < -0.3 is 5.32 Å². The van der Waals surface area contributed by atoms with E-state index in [0.717, 1.165) is 0 Å². The van der Waals surface area contributed by atoms with Gasteiger partial charge >= 0.3 is 0 Å². The predicted molar refractivity (Wildman–Crippen MR) is 74.1 cm³/mol. The predicted octanol–water partition coefficient (Wildman–Crippen LogP) is 1.78. The number of sulfonamides is 1. The summed E-state index contributed by atoms with van der Waals surface area (Å²) < 4.78 is 49.6. The average molecular weight is 320 g/mol. The van der Waals surface area contributed by atoms with Crippen molar-refractivity contribution in [2.24, 2.45) is 10.6 Å². The van der Waals surface area contributed by atoms with E-state index in [1.54, 1.807) is 0 Å².